The molecule has 0 saturated carbocycles. The number of halogens is 1. The summed E-state index contributed by atoms with van der Waals surface area (Å²) in [6.45, 7) is 1.44. The van der Waals surface area contributed by atoms with E-state index in [4.69, 9.17) is 19.0 Å². The third-order valence-corrected chi connectivity index (χ3v) is 2.26. The van der Waals surface area contributed by atoms with Crippen molar-refractivity contribution < 1.29 is 9.13 Å². The molecule has 1 rings (SSSR count). The molecule has 0 fully saturated rings. The van der Waals surface area contributed by atoms with Crippen LogP contribution in [-0.4, -0.2) is 40.0 Å². The van der Waals surface area contributed by atoms with Gasteiger partial charge >= 0.3 is 0 Å². The van der Waals surface area contributed by atoms with E-state index in [1.54, 1.807) is 6.07 Å². The van der Waals surface area contributed by atoms with Gasteiger partial charge in [0.2, 0.25) is 0 Å². The van der Waals surface area contributed by atoms with Crippen molar-refractivity contribution in [3.8, 4) is 18.1 Å². The van der Waals surface area contributed by atoms with Crippen LogP contribution in [0.2, 0.25) is 0 Å². The number of benzene rings is 1. The van der Waals surface area contributed by atoms with Crippen LogP contribution in [0.15, 0.2) is 12.1 Å². The second-order valence-corrected chi connectivity index (χ2v) is 4.02. The minimum absolute atomic E-state index is 0.0886. The molecule has 0 aliphatic rings. The van der Waals surface area contributed by atoms with E-state index in [1.807, 2.05) is 14.1 Å². The third kappa shape index (κ3) is 4.12. The molecule has 0 aliphatic heterocycles. The van der Waals surface area contributed by atoms with Crippen LogP contribution in [0.4, 0.5) is 4.39 Å². The number of rotatable bonds is 5. The number of hydrogen-bond acceptors (Lipinski definition) is 2. The van der Waals surface area contributed by atoms with Gasteiger partial charge in [-0.15, -0.1) is 6.42 Å². The molecule has 0 spiro atoms. The topological polar surface area (TPSA) is 12.5 Å². The minimum Gasteiger partial charge on any atom is -0.493 e. The molecule has 0 atom stereocenters. The molecule has 1 aromatic carbocycles. The highest BCUT2D eigenvalue weighted by Gasteiger charge is 2.06. The highest BCUT2D eigenvalue weighted by atomic mass is 19.1. The van der Waals surface area contributed by atoms with Gasteiger partial charge in [-0.05, 0) is 26.6 Å². The van der Waals surface area contributed by atoms with E-state index < -0.39 is 5.82 Å². The molecule has 17 heavy (non-hydrogen) atoms. The lowest BCUT2D eigenvalue weighted by Crippen LogP contribution is -2.16. The lowest BCUT2D eigenvalue weighted by Gasteiger charge is -2.11. The predicted octanol–water partition coefficient (Wildman–Crippen LogP) is 0.931. The Morgan fingerprint density at radius 1 is 1.47 bits per heavy atom. The van der Waals surface area contributed by atoms with Gasteiger partial charge in [0, 0.05) is 12.6 Å². The molecule has 0 N–H and O–H groups in total. The first-order valence-corrected chi connectivity index (χ1v) is 5.37. The quantitative estimate of drug-likeness (QED) is 0.424. The molecule has 0 saturated heterocycles. The van der Waals surface area contributed by atoms with Gasteiger partial charge in [-0.2, -0.15) is 0 Å². The molecular weight excluding hydrogens is 216 g/mol. The molecule has 88 valence electrons. The number of nitrogens with zero attached hydrogens (tertiary/aromatic N) is 1. The van der Waals surface area contributed by atoms with Crippen molar-refractivity contribution in [2.24, 2.45) is 0 Å². The number of terminal acetylenes is 1. The van der Waals surface area contributed by atoms with E-state index in [0.717, 1.165) is 13.0 Å². The first-order valence-electron chi connectivity index (χ1n) is 5.37. The number of ether oxygens (including phenoxy) is 1. The van der Waals surface area contributed by atoms with Gasteiger partial charge in [0.05, 0.1) is 12.2 Å². The zero-order valence-electron chi connectivity index (χ0n) is 10.2. The largest absolute Gasteiger partial charge is 0.493 e. The van der Waals surface area contributed by atoms with Crippen molar-refractivity contribution in [1.29, 1.82) is 0 Å². The predicted molar refractivity (Wildman–Crippen MR) is 68.4 cm³/mol. The monoisotopic (exact) mass is 231 g/mol. The lowest BCUT2D eigenvalue weighted by atomic mass is 9.90. The Bertz CT molecular complexity index is 403. The van der Waals surface area contributed by atoms with Crippen molar-refractivity contribution in [2.75, 3.05) is 27.2 Å². The summed E-state index contributed by atoms with van der Waals surface area (Å²) in [6.07, 6.45) is 6.01. The van der Waals surface area contributed by atoms with E-state index in [1.165, 1.54) is 6.07 Å². The van der Waals surface area contributed by atoms with E-state index in [2.05, 4.69) is 10.8 Å². The summed E-state index contributed by atoms with van der Waals surface area (Å²) < 4.78 is 18.8. The van der Waals surface area contributed by atoms with E-state index >= 15 is 0 Å². The van der Waals surface area contributed by atoms with E-state index in [0.29, 0.717) is 12.4 Å². The molecule has 0 aliphatic carbocycles. The maximum Gasteiger partial charge on any atom is 0.141 e. The molecular formula is C13H15BFNO. The highest BCUT2D eigenvalue weighted by molar-refractivity contribution is 6.34. The average molecular weight is 231 g/mol. The Hall–Kier alpha value is -1.47. The first-order chi connectivity index (χ1) is 8.04. The summed E-state index contributed by atoms with van der Waals surface area (Å²) in [5.41, 5.74) is 0.320. The molecule has 1 aromatic rings. The fourth-order valence-electron chi connectivity index (χ4n) is 1.41. The summed E-state index contributed by atoms with van der Waals surface area (Å²) in [4.78, 5) is 2.06. The molecule has 2 radical (unpaired) electrons. The van der Waals surface area contributed by atoms with Gasteiger partial charge in [0.25, 0.3) is 0 Å². The highest BCUT2D eigenvalue weighted by Crippen LogP contribution is 2.14. The Balaban J connectivity index is 2.59. The van der Waals surface area contributed by atoms with Crippen molar-refractivity contribution in [3.05, 3.63) is 23.5 Å². The molecule has 2 nitrogen and oxygen atoms in total. The van der Waals surface area contributed by atoms with Gasteiger partial charge in [0.15, 0.2) is 0 Å². The molecule has 0 heterocycles. The minimum atomic E-state index is -0.518. The Morgan fingerprint density at radius 2 is 2.18 bits per heavy atom. The maximum atomic E-state index is 13.4. The molecule has 0 bridgehead atoms. The number of hydrogen-bond donors (Lipinski definition) is 0. The lowest BCUT2D eigenvalue weighted by molar-refractivity contribution is 0.281. The molecule has 0 amide bonds. The van der Waals surface area contributed by atoms with Gasteiger partial charge in [0.1, 0.15) is 19.4 Å². The van der Waals surface area contributed by atoms with Crippen molar-refractivity contribution in [1.82, 2.24) is 4.90 Å². The van der Waals surface area contributed by atoms with Crippen LogP contribution < -0.4 is 10.2 Å². The summed E-state index contributed by atoms with van der Waals surface area (Å²) in [6, 6.07) is 2.81. The summed E-state index contributed by atoms with van der Waals surface area (Å²) >= 11 is 0. The van der Waals surface area contributed by atoms with Crippen LogP contribution >= 0.6 is 0 Å². The van der Waals surface area contributed by atoms with E-state index in [9.17, 15) is 4.39 Å². The first kappa shape index (κ1) is 13.6. The van der Waals surface area contributed by atoms with Crippen molar-refractivity contribution in [3.63, 3.8) is 0 Å². The Labute approximate surface area is 103 Å². The van der Waals surface area contributed by atoms with Crippen LogP contribution in [-0.2, 0) is 0 Å². The smallest absolute Gasteiger partial charge is 0.141 e. The van der Waals surface area contributed by atoms with Crippen LogP contribution in [0.25, 0.3) is 0 Å². The van der Waals surface area contributed by atoms with Gasteiger partial charge < -0.3 is 9.64 Å². The third-order valence-electron chi connectivity index (χ3n) is 2.26. The molecule has 0 unspecified atom stereocenters. The van der Waals surface area contributed by atoms with Crippen LogP contribution in [0.5, 0.6) is 5.75 Å². The summed E-state index contributed by atoms with van der Waals surface area (Å²) in [5.74, 6) is 2.11. The van der Waals surface area contributed by atoms with Gasteiger partial charge in [-0.1, -0.05) is 11.4 Å². The average Bonchev–Trinajstić information content (AvgIpc) is 2.24. The van der Waals surface area contributed by atoms with Crippen molar-refractivity contribution in [2.45, 2.75) is 6.42 Å². The van der Waals surface area contributed by atoms with Crippen LogP contribution in [0, 0.1) is 18.2 Å². The van der Waals surface area contributed by atoms with Crippen molar-refractivity contribution >= 4 is 13.3 Å². The normalized spacial score (nSPS) is 10.3. The fraction of sp³-hybridized carbons (Fsp3) is 0.385. The van der Waals surface area contributed by atoms with Gasteiger partial charge in [-0.3, -0.25) is 0 Å². The van der Waals surface area contributed by atoms with E-state index in [-0.39, 0.29) is 11.0 Å². The van der Waals surface area contributed by atoms with Gasteiger partial charge in [-0.25, -0.2) is 4.39 Å². The Kier molecular flexibility index (Phi) is 5.05. The molecule has 0 aromatic heterocycles. The second kappa shape index (κ2) is 6.31. The zero-order chi connectivity index (χ0) is 12.8. The Morgan fingerprint density at radius 3 is 2.71 bits per heavy atom. The SMILES string of the molecule is [B]c1cc(OCCCN(C)C)cc(F)c1C#C. The van der Waals surface area contributed by atoms with Crippen LogP contribution in [0.3, 0.4) is 0 Å². The summed E-state index contributed by atoms with van der Waals surface area (Å²) in [5, 5.41) is 0. The standard InChI is InChI=1S/C13H15BFNO/c1-4-11-12(14)8-10(9-13(11)15)17-7-5-6-16(2)3/h1,8-9H,5-7H2,2-3H3. The molecule has 4 heteroatoms. The summed E-state index contributed by atoms with van der Waals surface area (Å²) in [7, 11) is 9.59. The maximum absolute atomic E-state index is 13.4. The second-order valence-electron chi connectivity index (χ2n) is 4.02. The fourth-order valence-corrected chi connectivity index (χ4v) is 1.41. The zero-order valence-corrected chi connectivity index (χ0v) is 10.2. The van der Waals surface area contributed by atoms with Crippen LogP contribution in [0.1, 0.15) is 12.0 Å².